The largest absolute Gasteiger partial charge is 0.416 e. The Kier molecular flexibility index (Phi) is 5.88. The van der Waals surface area contributed by atoms with Gasteiger partial charge in [-0.25, -0.2) is 4.98 Å². The van der Waals surface area contributed by atoms with E-state index in [1.54, 1.807) is 4.57 Å². The van der Waals surface area contributed by atoms with Crippen LogP contribution in [0.15, 0.2) is 24.4 Å². The third-order valence-electron chi connectivity index (χ3n) is 5.30. The van der Waals surface area contributed by atoms with Crippen LogP contribution in [0.4, 0.5) is 26.3 Å². The van der Waals surface area contributed by atoms with Crippen molar-refractivity contribution in [1.82, 2.24) is 14.9 Å². The number of aromatic nitrogens is 2. The normalized spacial score (nSPS) is 18.1. The molecule has 0 radical (unpaired) electrons. The van der Waals surface area contributed by atoms with E-state index in [0.717, 1.165) is 18.6 Å². The van der Waals surface area contributed by atoms with Gasteiger partial charge in [-0.1, -0.05) is 6.92 Å². The zero-order valence-corrected chi connectivity index (χ0v) is 16.4. The van der Waals surface area contributed by atoms with Gasteiger partial charge in [0.05, 0.1) is 11.1 Å². The molecule has 0 fully saturated rings. The maximum Gasteiger partial charge on any atom is 0.416 e. The summed E-state index contributed by atoms with van der Waals surface area (Å²) >= 11 is 0. The SMILES string of the molecule is CC[C@@H](C)NC(=O)c1cn2c(n1)CC[C@H](c1cc(C(F)(F)F)cc(C(F)(F)F)c1)C2. The molecular formula is C20H21F6N3O. The van der Waals surface area contributed by atoms with E-state index in [9.17, 15) is 31.1 Å². The third-order valence-corrected chi connectivity index (χ3v) is 5.30. The average molecular weight is 433 g/mol. The number of hydrogen-bond acceptors (Lipinski definition) is 2. The van der Waals surface area contributed by atoms with Crippen LogP contribution in [-0.2, 0) is 25.3 Å². The monoisotopic (exact) mass is 433 g/mol. The second-order valence-electron chi connectivity index (χ2n) is 7.55. The highest BCUT2D eigenvalue weighted by molar-refractivity contribution is 5.92. The summed E-state index contributed by atoms with van der Waals surface area (Å²) in [5.74, 6) is -0.328. The molecule has 0 saturated carbocycles. The number of carbonyl (C=O) groups is 1. The van der Waals surface area contributed by atoms with E-state index in [1.165, 1.54) is 6.20 Å². The van der Waals surface area contributed by atoms with Gasteiger partial charge in [0, 0.05) is 31.1 Å². The van der Waals surface area contributed by atoms with Crippen molar-refractivity contribution in [2.24, 2.45) is 0 Å². The molecule has 1 aliphatic heterocycles. The van der Waals surface area contributed by atoms with Crippen LogP contribution in [0.3, 0.4) is 0 Å². The molecule has 0 spiro atoms. The molecule has 0 unspecified atom stereocenters. The minimum atomic E-state index is -4.88. The van der Waals surface area contributed by atoms with E-state index in [2.05, 4.69) is 10.3 Å². The summed E-state index contributed by atoms with van der Waals surface area (Å²) in [7, 11) is 0. The van der Waals surface area contributed by atoms with Crippen molar-refractivity contribution in [3.8, 4) is 0 Å². The second kappa shape index (κ2) is 7.96. The summed E-state index contributed by atoms with van der Waals surface area (Å²) in [5, 5.41) is 2.78. The predicted octanol–water partition coefficient (Wildman–Crippen LogP) is 5.18. The van der Waals surface area contributed by atoms with Gasteiger partial charge in [-0.05, 0) is 43.5 Å². The molecule has 2 aromatic rings. The van der Waals surface area contributed by atoms with Crippen LogP contribution in [0.5, 0.6) is 0 Å². The van der Waals surface area contributed by atoms with Crippen molar-refractivity contribution in [1.29, 1.82) is 0 Å². The molecule has 10 heteroatoms. The number of amides is 1. The fraction of sp³-hybridized carbons (Fsp3) is 0.500. The molecule has 1 aromatic heterocycles. The molecule has 1 aromatic carbocycles. The standard InChI is InChI=1S/C20H21F6N3O/c1-3-11(2)27-18(30)16-10-29-9-12(4-5-17(29)28-16)13-6-14(19(21,22)23)8-15(7-13)20(24,25)26/h6-8,10-12H,3-5,9H2,1-2H3,(H,27,30)/t11-,12+/m1/s1. The number of fused-ring (bicyclic) bond motifs is 1. The first kappa shape index (κ1) is 22.2. The highest BCUT2D eigenvalue weighted by Crippen LogP contribution is 2.39. The van der Waals surface area contributed by atoms with Crippen molar-refractivity contribution < 1.29 is 31.1 Å². The Bertz CT molecular complexity index is 899. The fourth-order valence-electron chi connectivity index (χ4n) is 3.44. The third kappa shape index (κ3) is 4.79. The number of imidazole rings is 1. The first-order valence-electron chi connectivity index (χ1n) is 9.54. The van der Waals surface area contributed by atoms with Crippen molar-refractivity contribution >= 4 is 5.91 Å². The summed E-state index contributed by atoms with van der Waals surface area (Å²) < 4.78 is 80.5. The van der Waals surface area contributed by atoms with E-state index in [0.29, 0.717) is 18.7 Å². The quantitative estimate of drug-likeness (QED) is 0.676. The van der Waals surface area contributed by atoms with Gasteiger partial charge in [-0.15, -0.1) is 0 Å². The molecule has 164 valence electrons. The maximum atomic E-state index is 13.1. The maximum absolute atomic E-state index is 13.1. The molecule has 1 aliphatic rings. The molecular weight excluding hydrogens is 412 g/mol. The van der Waals surface area contributed by atoms with E-state index in [1.807, 2.05) is 13.8 Å². The number of alkyl halides is 6. The van der Waals surface area contributed by atoms with Gasteiger partial charge in [0.25, 0.3) is 5.91 Å². The van der Waals surface area contributed by atoms with E-state index in [4.69, 9.17) is 0 Å². The van der Waals surface area contributed by atoms with E-state index < -0.39 is 29.4 Å². The average Bonchev–Trinajstić information content (AvgIpc) is 3.09. The Morgan fingerprint density at radius 2 is 1.77 bits per heavy atom. The lowest BCUT2D eigenvalue weighted by atomic mass is 9.89. The smallest absolute Gasteiger partial charge is 0.348 e. The number of aryl methyl sites for hydroxylation is 1. The molecule has 1 amide bonds. The zero-order valence-electron chi connectivity index (χ0n) is 16.4. The van der Waals surface area contributed by atoms with Crippen molar-refractivity contribution in [3.63, 3.8) is 0 Å². The number of halogens is 6. The number of rotatable bonds is 4. The molecule has 3 rings (SSSR count). The Labute approximate surface area is 169 Å². The van der Waals surface area contributed by atoms with Gasteiger partial charge < -0.3 is 9.88 Å². The Hall–Kier alpha value is -2.52. The molecule has 0 saturated heterocycles. The number of nitrogens with zero attached hydrogens (tertiary/aromatic N) is 2. The topological polar surface area (TPSA) is 46.9 Å². The number of hydrogen-bond donors (Lipinski definition) is 1. The van der Waals surface area contributed by atoms with Crippen LogP contribution in [0.1, 0.15) is 65.6 Å². The Balaban J connectivity index is 1.89. The van der Waals surface area contributed by atoms with Crippen LogP contribution >= 0.6 is 0 Å². The summed E-state index contributed by atoms with van der Waals surface area (Å²) in [6.45, 7) is 3.91. The summed E-state index contributed by atoms with van der Waals surface area (Å²) in [4.78, 5) is 16.5. The van der Waals surface area contributed by atoms with Crippen LogP contribution in [0.25, 0.3) is 0 Å². The minimum Gasteiger partial charge on any atom is -0.348 e. The van der Waals surface area contributed by atoms with Crippen LogP contribution in [-0.4, -0.2) is 21.5 Å². The first-order valence-corrected chi connectivity index (χ1v) is 9.54. The fourth-order valence-corrected chi connectivity index (χ4v) is 3.44. The van der Waals surface area contributed by atoms with Crippen molar-refractivity contribution in [2.75, 3.05) is 0 Å². The van der Waals surface area contributed by atoms with Gasteiger partial charge in [0.1, 0.15) is 11.5 Å². The Morgan fingerprint density at radius 1 is 1.17 bits per heavy atom. The highest BCUT2D eigenvalue weighted by Gasteiger charge is 2.38. The number of benzene rings is 1. The lowest BCUT2D eigenvalue weighted by Crippen LogP contribution is -2.32. The summed E-state index contributed by atoms with van der Waals surface area (Å²) in [6.07, 6.45) is -6.85. The first-order chi connectivity index (χ1) is 13.9. The molecule has 4 nitrogen and oxygen atoms in total. The molecule has 1 N–H and O–H groups in total. The van der Waals surface area contributed by atoms with Crippen LogP contribution in [0, 0.1) is 0 Å². The summed E-state index contributed by atoms with van der Waals surface area (Å²) in [5.41, 5.74) is -2.48. The Morgan fingerprint density at radius 3 is 2.30 bits per heavy atom. The van der Waals surface area contributed by atoms with Gasteiger partial charge >= 0.3 is 12.4 Å². The molecule has 30 heavy (non-hydrogen) atoms. The van der Waals surface area contributed by atoms with Gasteiger partial charge in [0.2, 0.25) is 0 Å². The summed E-state index contributed by atoms with van der Waals surface area (Å²) in [6, 6.07) is 1.64. The minimum absolute atomic E-state index is 0.0258. The highest BCUT2D eigenvalue weighted by atomic mass is 19.4. The van der Waals surface area contributed by atoms with Crippen LogP contribution in [0.2, 0.25) is 0 Å². The molecule has 0 bridgehead atoms. The lowest BCUT2D eigenvalue weighted by molar-refractivity contribution is -0.143. The van der Waals surface area contributed by atoms with Crippen LogP contribution < -0.4 is 5.32 Å². The van der Waals surface area contributed by atoms with Crippen molar-refractivity contribution in [2.45, 2.75) is 64.0 Å². The van der Waals surface area contributed by atoms with Gasteiger partial charge in [0.15, 0.2) is 0 Å². The number of nitrogens with one attached hydrogen (secondary N) is 1. The van der Waals surface area contributed by atoms with E-state index >= 15 is 0 Å². The van der Waals surface area contributed by atoms with Gasteiger partial charge in [-0.3, -0.25) is 4.79 Å². The number of carbonyl (C=O) groups excluding carboxylic acids is 1. The lowest BCUT2D eigenvalue weighted by Gasteiger charge is -2.25. The van der Waals surface area contributed by atoms with E-state index in [-0.39, 0.29) is 35.8 Å². The van der Waals surface area contributed by atoms with Gasteiger partial charge in [-0.2, -0.15) is 26.3 Å². The predicted molar refractivity (Wildman–Crippen MR) is 97.0 cm³/mol. The zero-order chi connectivity index (χ0) is 22.3. The molecule has 2 atom stereocenters. The molecule has 0 aliphatic carbocycles. The van der Waals surface area contributed by atoms with Crippen molar-refractivity contribution in [3.05, 3.63) is 52.6 Å². The second-order valence-corrected chi connectivity index (χ2v) is 7.55. The molecule has 2 heterocycles.